The van der Waals surface area contributed by atoms with E-state index in [4.69, 9.17) is 4.74 Å². The van der Waals surface area contributed by atoms with Crippen molar-refractivity contribution in [2.75, 3.05) is 6.54 Å². The summed E-state index contributed by atoms with van der Waals surface area (Å²) in [5, 5.41) is 0. The Morgan fingerprint density at radius 1 is 1.07 bits per heavy atom. The molecule has 0 aliphatic carbocycles. The van der Waals surface area contributed by atoms with Crippen molar-refractivity contribution >= 4 is 16.0 Å². The Hall–Kier alpha value is -2.34. The molecule has 0 spiro atoms. The molecule has 2 saturated heterocycles. The first-order valence-electron chi connectivity index (χ1n) is 9.15. The monoisotopic (exact) mass is 384 g/mol. The van der Waals surface area contributed by atoms with E-state index in [0.29, 0.717) is 0 Å². The highest BCUT2D eigenvalue weighted by atomic mass is 32.2. The van der Waals surface area contributed by atoms with Crippen LogP contribution in [0, 0.1) is 12.3 Å². The van der Waals surface area contributed by atoms with Gasteiger partial charge in [-0.25, -0.2) is 0 Å². The van der Waals surface area contributed by atoms with Crippen molar-refractivity contribution in [1.82, 2.24) is 4.90 Å². The predicted molar refractivity (Wildman–Crippen MR) is 105 cm³/mol. The van der Waals surface area contributed by atoms with Gasteiger partial charge in [-0.15, -0.1) is 4.40 Å². The van der Waals surface area contributed by atoms with Gasteiger partial charge in [0.1, 0.15) is 6.10 Å². The zero-order chi connectivity index (χ0) is 19.2. The molecule has 0 radical (unpaired) electrons. The highest BCUT2D eigenvalue weighted by Crippen LogP contribution is 2.45. The third kappa shape index (κ3) is 3.46. The summed E-state index contributed by atoms with van der Waals surface area (Å²) in [5.41, 5.74) is 2.13. The number of hydrogen-bond acceptors (Lipinski definition) is 3. The largest absolute Gasteiger partial charge is 0.454 e. The molecule has 6 heteroatoms. The van der Waals surface area contributed by atoms with E-state index < -0.39 is 10.0 Å². The molecule has 0 N–H and O–H groups in total. The van der Waals surface area contributed by atoms with Crippen LogP contribution in [0.2, 0.25) is 0 Å². The molecule has 2 aliphatic heterocycles. The SMILES string of the molecule is Cc1ccc(S(=O)(=O)/N=C2/O[C@@H](c3ccccc3)[C@@H]3CC(C)(C)CN23)cc1. The fraction of sp³-hybridized carbons (Fsp3) is 0.381. The van der Waals surface area contributed by atoms with Crippen molar-refractivity contribution < 1.29 is 13.2 Å². The Balaban J connectivity index is 1.72. The number of fused-ring (bicyclic) bond motifs is 1. The lowest BCUT2D eigenvalue weighted by Crippen LogP contribution is -2.30. The zero-order valence-corrected chi connectivity index (χ0v) is 16.6. The van der Waals surface area contributed by atoms with Gasteiger partial charge in [-0.1, -0.05) is 61.9 Å². The molecule has 2 heterocycles. The third-order valence-electron chi connectivity index (χ3n) is 5.23. The number of sulfonamides is 1. The molecule has 0 amide bonds. The summed E-state index contributed by atoms with van der Waals surface area (Å²) >= 11 is 0. The molecule has 2 atom stereocenters. The molecule has 0 unspecified atom stereocenters. The van der Waals surface area contributed by atoms with Crippen LogP contribution in [-0.4, -0.2) is 31.9 Å². The highest BCUT2D eigenvalue weighted by Gasteiger charge is 2.50. The maximum absolute atomic E-state index is 12.8. The number of hydrogen-bond donors (Lipinski definition) is 0. The minimum atomic E-state index is -3.82. The second-order valence-corrected chi connectivity index (χ2v) is 9.78. The molecule has 4 rings (SSSR count). The molecule has 0 bridgehead atoms. The fourth-order valence-electron chi connectivity index (χ4n) is 3.93. The van der Waals surface area contributed by atoms with Gasteiger partial charge in [-0.3, -0.25) is 0 Å². The maximum Gasteiger partial charge on any atom is 0.304 e. The number of rotatable bonds is 3. The number of amidine groups is 1. The van der Waals surface area contributed by atoms with E-state index in [1.807, 2.05) is 42.2 Å². The molecule has 2 aromatic carbocycles. The van der Waals surface area contributed by atoms with Crippen LogP contribution in [0.4, 0.5) is 0 Å². The molecule has 2 fully saturated rings. The number of ether oxygens (including phenoxy) is 1. The van der Waals surface area contributed by atoms with Crippen molar-refractivity contribution in [3.63, 3.8) is 0 Å². The van der Waals surface area contributed by atoms with Gasteiger partial charge in [0.2, 0.25) is 0 Å². The molecule has 2 aliphatic rings. The first kappa shape index (κ1) is 18.0. The summed E-state index contributed by atoms with van der Waals surface area (Å²) in [6.45, 7) is 7.03. The first-order valence-corrected chi connectivity index (χ1v) is 10.6. The number of benzene rings is 2. The topological polar surface area (TPSA) is 59.0 Å². The normalized spacial score (nSPS) is 25.4. The van der Waals surface area contributed by atoms with Crippen LogP contribution in [0.3, 0.4) is 0 Å². The van der Waals surface area contributed by atoms with Crippen LogP contribution in [-0.2, 0) is 14.8 Å². The number of nitrogens with zero attached hydrogens (tertiary/aromatic N) is 2. The van der Waals surface area contributed by atoms with Gasteiger partial charge in [-0.2, -0.15) is 8.42 Å². The lowest BCUT2D eigenvalue weighted by molar-refractivity contribution is 0.188. The fourth-order valence-corrected chi connectivity index (χ4v) is 4.87. The average Bonchev–Trinajstić information content (AvgIpc) is 3.10. The molecular weight excluding hydrogens is 360 g/mol. The van der Waals surface area contributed by atoms with Gasteiger partial charge in [0.15, 0.2) is 0 Å². The van der Waals surface area contributed by atoms with E-state index in [1.165, 1.54) is 0 Å². The minimum Gasteiger partial charge on any atom is -0.454 e. The molecule has 142 valence electrons. The van der Waals surface area contributed by atoms with Gasteiger partial charge >= 0.3 is 6.02 Å². The van der Waals surface area contributed by atoms with Crippen molar-refractivity contribution in [2.24, 2.45) is 9.81 Å². The van der Waals surface area contributed by atoms with Crippen LogP contribution in [0.25, 0.3) is 0 Å². The van der Waals surface area contributed by atoms with E-state index in [9.17, 15) is 8.42 Å². The predicted octanol–water partition coefficient (Wildman–Crippen LogP) is 3.91. The van der Waals surface area contributed by atoms with Gasteiger partial charge < -0.3 is 9.64 Å². The molecule has 0 saturated carbocycles. The van der Waals surface area contributed by atoms with Gasteiger partial charge in [0.25, 0.3) is 10.0 Å². The van der Waals surface area contributed by atoms with E-state index in [0.717, 1.165) is 24.1 Å². The molecule has 27 heavy (non-hydrogen) atoms. The Labute approximate surface area is 160 Å². The van der Waals surface area contributed by atoms with Crippen LogP contribution in [0.1, 0.15) is 37.5 Å². The Bertz CT molecular complexity index is 966. The summed E-state index contributed by atoms with van der Waals surface area (Å²) in [5.74, 6) is 0. The van der Waals surface area contributed by atoms with Crippen molar-refractivity contribution in [3.05, 3.63) is 65.7 Å². The van der Waals surface area contributed by atoms with Crippen molar-refractivity contribution in [2.45, 2.75) is 44.2 Å². The van der Waals surface area contributed by atoms with E-state index in [-0.39, 0.29) is 28.5 Å². The van der Waals surface area contributed by atoms with Crippen LogP contribution in [0.15, 0.2) is 63.9 Å². The van der Waals surface area contributed by atoms with Crippen LogP contribution in [0.5, 0.6) is 0 Å². The minimum absolute atomic E-state index is 0.0792. The van der Waals surface area contributed by atoms with Crippen LogP contribution < -0.4 is 0 Å². The quantitative estimate of drug-likeness (QED) is 0.805. The summed E-state index contributed by atoms with van der Waals surface area (Å²) in [6, 6.07) is 17.0. The Morgan fingerprint density at radius 2 is 1.74 bits per heavy atom. The Kier molecular flexibility index (Phi) is 4.26. The van der Waals surface area contributed by atoms with E-state index >= 15 is 0 Å². The third-order valence-corrected chi connectivity index (χ3v) is 6.50. The molecule has 2 aromatic rings. The van der Waals surface area contributed by atoms with Crippen LogP contribution >= 0.6 is 0 Å². The lowest BCUT2D eigenvalue weighted by Gasteiger charge is -2.20. The van der Waals surface area contributed by atoms with Crippen molar-refractivity contribution in [1.29, 1.82) is 0 Å². The molecular formula is C21H24N2O3S. The highest BCUT2D eigenvalue weighted by molar-refractivity contribution is 7.90. The second kappa shape index (κ2) is 6.37. The van der Waals surface area contributed by atoms with Gasteiger partial charge in [-0.05, 0) is 36.5 Å². The second-order valence-electron chi connectivity index (χ2n) is 8.17. The summed E-state index contributed by atoms with van der Waals surface area (Å²) < 4.78 is 35.8. The Morgan fingerprint density at radius 3 is 2.41 bits per heavy atom. The number of aryl methyl sites for hydroxylation is 1. The van der Waals surface area contributed by atoms with E-state index in [2.05, 4.69) is 18.2 Å². The standard InChI is InChI=1S/C21H24N2O3S/c1-15-9-11-17(12-10-15)27(24,25)22-20-23-14-21(2,3)13-18(23)19(26-20)16-7-5-4-6-8-16/h4-12,18-19H,13-14H2,1-3H3/b22-20+/t18-,19-/m0/s1. The lowest BCUT2D eigenvalue weighted by atomic mass is 9.88. The zero-order valence-electron chi connectivity index (χ0n) is 15.8. The summed E-state index contributed by atoms with van der Waals surface area (Å²) in [7, 11) is -3.82. The summed E-state index contributed by atoms with van der Waals surface area (Å²) in [4.78, 5) is 2.20. The summed E-state index contributed by atoms with van der Waals surface area (Å²) in [6.07, 6.45) is 0.718. The molecule has 5 nitrogen and oxygen atoms in total. The van der Waals surface area contributed by atoms with Crippen molar-refractivity contribution in [3.8, 4) is 0 Å². The van der Waals surface area contributed by atoms with Gasteiger partial charge in [0.05, 0.1) is 10.9 Å². The first-order chi connectivity index (χ1) is 12.8. The smallest absolute Gasteiger partial charge is 0.304 e. The molecule has 0 aromatic heterocycles. The maximum atomic E-state index is 12.8. The van der Waals surface area contributed by atoms with E-state index in [1.54, 1.807) is 24.3 Å². The average molecular weight is 385 g/mol. The van der Waals surface area contributed by atoms with Gasteiger partial charge in [0, 0.05) is 6.54 Å².